The fourth-order valence-corrected chi connectivity index (χ4v) is 5.16. The fourth-order valence-electron chi connectivity index (χ4n) is 5.16. The van der Waals surface area contributed by atoms with Gasteiger partial charge in [-0.1, -0.05) is 38.1 Å². The minimum atomic E-state index is -1.31. The fraction of sp³-hybridized carbons (Fsp3) is 0.367. The molecule has 1 amide bonds. The highest BCUT2D eigenvalue weighted by Gasteiger charge is 2.43. The maximum atomic E-state index is 12.5. The van der Waals surface area contributed by atoms with E-state index in [0.29, 0.717) is 23.1 Å². The van der Waals surface area contributed by atoms with Crippen LogP contribution in [0.25, 0.3) is 0 Å². The Bertz CT molecular complexity index is 1390. The molecule has 1 heterocycles. The van der Waals surface area contributed by atoms with Crippen LogP contribution in [-0.2, 0) is 25.3 Å². The van der Waals surface area contributed by atoms with Gasteiger partial charge in [0.15, 0.2) is 0 Å². The number of nitrogens with one attached hydrogen (secondary N) is 1. The van der Waals surface area contributed by atoms with Crippen molar-refractivity contribution in [3.05, 3.63) is 94.0 Å². The SMILES string of the molecule is CC(C)(C)OC(=O)NC1=C(C(=O)O)C=CC(c2ccc3c(c2)C(O)(c2ccncc2)CCC3(C)C)C1=C=O. The van der Waals surface area contributed by atoms with E-state index in [2.05, 4.69) is 24.1 Å². The number of amides is 1. The molecule has 3 N–H and O–H groups in total. The highest BCUT2D eigenvalue weighted by Crippen LogP contribution is 2.49. The van der Waals surface area contributed by atoms with Gasteiger partial charge in [-0.05, 0) is 79.5 Å². The first-order chi connectivity index (χ1) is 17.8. The summed E-state index contributed by atoms with van der Waals surface area (Å²) in [6, 6.07) is 9.25. The number of aromatic nitrogens is 1. The number of carbonyl (C=O) groups excluding carboxylic acids is 2. The molecule has 1 aromatic heterocycles. The minimum Gasteiger partial charge on any atom is -0.478 e. The molecule has 0 spiro atoms. The summed E-state index contributed by atoms with van der Waals surface area (Å²) in [5.74, 6) is -0.161. The zero-order valence-electron chi connectivity index (χ0n) is 22.2. The lowest BCUT2D eigenvalue weighted by Crippen LogP contribution is -2.39. The number of ether oxygens (including phenoxy) is 1. The van der Waals surface area contributed by atoms with Gasteiger partial charge in [0.1, 0.15) is 17.1 Å². The van der Waals surface area contributed by atoms with Crippen LogP contribution in [0, 0.1) is 0 Å². The number of aliphatic hydroxyl groups is 1. The lowest BCUT2D eigenvalue weighted by molar-refractivity contribution is -0.132. The molecule has 0 aliphatic heterocycles. The van der Waals surface area contributed by atoms with Gasteiger partial charge in [-0.3, -0.25) is 10.3 Å². The molecule has 38 heavy (non-hydrogen) atoms. The van der Waals surface area contributed by atoms with Crippen molar-refractivity contribution in [2.45, 2.75) is 70.0 Å². The van der Waals surface area contributed by atoms with Crippen molar-refractivity contribution < 1.29 is 29.3 Å². The topological polar surface area (TPSA) is 126 Å². The Morgan fingerprint density at radius 2 is 1.79 bits per heavy atom. The summed E-state index contributed by atoms with van der Waals surface area (Å²) < 4.78 is 5.29. The maximum absolute atomic E-state index is 12.5. The van der Waals surface area contributed by atoms with E-state index in [0.717, 1.165) is 12.0 Å². The molecule has 0 saturated carbocycles. The normalized spacial score (nSPS) is 22.4. The first kappa shape index (κ1) is 27.0. The van der Waals surface area contributed by atoms with Crippen LogP contribution >= 0.6 is 0 Å². The molecule has 2 aliphatic carbocycles. The van der Waals surface area contributed by atoms with Crippen molar-refractivity contribution in [1.29, 1.82) is 0 Å². The van der Waals surface area contributed by atoms with Crippen molar-refractivity contribution >= 4 is 18.0 Å². The van der Waals surface area contributed by atoms with Crippen molar-refractivity contribution in [1.82, 2.24) is 10.3 Å². The van der Waals surface area contributed by atoms with Crippen LogP contribution < -0.4 is 5.32 Å². The second kappa shape index (κ2) is 9.71. The number of rotatable bonds is 4. The second-order valence-electron chi connectivity index (χ2n) is 11.4. The number of fused-ring (bicyclic) bond motifs is 1. The van der Waals surface area contributed by atoms with E-state index in [-0.39, 0.29) is 22.3 Å². The minimum absolute atomic E-state index is 0.0433. The number of carboxylic acids is 1. The monoisotopic (exact) mass is 516 g/mol. The molecule has 8 nitrogen and oxygen atoms in total. The summed E-state index contributed by atoms with van der Waals surface area (Å²) in [6.45, 7) is 9.28. The average Bonchev–Trinajstić information content (AvgIpc) is 2.85. The number of carboxylic acid groups (broad SMARTS) is 1. The van der Waals surface area contributed by atoms with Gasteiger partial charge in [0.05, 0.1) is 16.8 Å². The Balaban J connectivity index is 1.81. The predicted molar refractivity (Wildman–Crippen MR) is 141 cm³/mol. The van der Waals surface area contributed by atoms with Crippen LogP contribution in [0.2, 0.25) is 0 Å². The third-order valence-electron chi connectivity index (χ3n) is 7.12. The van der Waals surface area contributed by atoms with E-state index in [9.17, 15) is 24.6 Å². The second-order valence-corrected chi connectivity index (χ2v) is 11.4. The first-order valence-electron chi connectivity index (χ1n) is 12.5. The Morgan fingerprint density at radius 1 is 1.11 bits per heavy atom. The Kier molecular flexibility index (Phi) is 6.91. The Labute approximate surface area is 221 Å². The summed E-state index contributed by atoms with van der Waals surface area (Å²) in [6.07, 6.45) is 6.60. The molecule has 0 radical (unpaired) electrons. The van der Waals surface area contributed by atoms with E-state index >= 15 is 0 Å². The third-order valence-corrected chi connectivity index (χ3v) is 7.12. The van der Waals surface area contributed by atoms with Crippen LogP contribution in [0.4, 0.5) is 4.79 Å². The number of alkyl carbamates (subject to hydrolysis) is 1. The molecule has 2 aromatic rings. The van der Waals surface area contributed by atoms with Crippen LogP contribution in [0.3, 0.4) is 0 Å². The van der Waals surface area contributed by atoms with Crippen LogP contribution in [0.5, 0.6) is 0 Å². The van der Waals surface area contributed by atoms with Gasteiger partial charge in [-0.25, -0.2) is 14.4 Å². The molecule has 2 unspecified atom stereocenters. The van der Waals surface area contributed by atoms with Crippen LogP contribution in [0.1, 0.15) is 75.6 Å². The van der Waals surface area contributed by atoms with E-state index in [1.54, 1.807) is 51.4 Å². The number of hydrogen-bond donors (Lipinski definition) is 3. The number of allylic oxidation sites excluding steroid dienone is 2. The molecule has 4 rings (SSSR count). The van der Waals surface area contributed by atoms with Crippen molar-refractivity contribution in [2.24, 2.45) is 0 Å². The molecule has 2 aliphatic rings. The number of carbonyl (C=O) groups is 2. The summed E-state index contributed by atoms with van der Waals surface area (Å²) in [5, 5.41) is 24.2. The van der Waals surface area contributed by atoms with Crippen LogP contribution in [0.15, 0.2) is 71.7 Å². The van der Waals surface area contributed by atoms with Crippen molar-refractivity contribution in [2.75, 3.05) is 0 Å². The average molecular weight is 517 g/mol. The summed E-state index contributed by atoms with van der Waals surface area (Å²) in [7, 11) is 0. The molecule has 0 fully saturated rings. The largest absolute Gasteiger partial charge is 0.478 e. The summed E-state index contributed by atoms with van der Waals surface area (Å²) >= 11 is 0. The lowest BCUT2D eigenvalue weighted by atomic mass is 9.64. The Hall–Kier alpha value is -4.00. The Morgan fingerprint density at radius 3 is 2.39 bits per heavy atom. The number of aliphatic carboxylic acids is 1. The standard InChI is InChI=1S/C30H32N2O6/c1-28(2,3)38-27(36)32-25-21(26(34)35)8-7-20(22(25)17-33)18-6-9-23-24(16-18)30(37,13-12-29(23,4)5)19-10-14-31-15-11-19/h6-11,14-16,20,37H,12-13H2,1-5H3,(H,32,36)(H,34,35). The maximum Gasteiger partial charge on any atom is 0.412 e. The summed E-state index contributed by atoms with van der Waals surface area (Å²) in [5.41, 5.74) is 0.302. The molecule has 198 valence electrons. The first-order valence-corrected chi connectivity index (χ1v) is 12.5. The molecule has 1 aromatic carbocycles. The van der Waals surface area contributed by atoms with Crippen molar-refractivity contribution in [3.63, 3.8) is 0 Å². The van der Waals surface area contributed by atoms with Gasteiger partial charge in [0.2, 0.25) is 0 Å². The smallest absolute Gasteiger partial charge is 0.412 e. The zero-order chi connectivity index (χ0) is 27.9. The number of pyridine rings is 1. The van der Waals surface area contributed by atoms with Gasteiger partial charge in [0, 0.05) is 18.3 Å². The van der Waals surface area contributed by atoms with Gasteiger partial charge in [-0.2, -0.15) is 0 Å². The third kappa shape index (κ3) is 5.05. The molecule has 0 bridgehead atoms. The molecular weight excluding hydrogens is 484 g/mol. The molecular formula is C30H32N2O6. The molecule has 2 atom stereocenters. The lowest BCUT2D eigenvalue weighted by Gasteiger charge is -2.43. The van der Waals surface area contributed by atoms with E-state index in [1.165, 1.54) is 6.08 Å². The van der Waals surface area contributed by atoms with Gasteiger partial charge < -0.3 is 14.9 Å². The van der Waals surface area contributed by atoms with Gasteiger partial charge in [-0.15, -0.1) is 0 Å². The van der Waals surface area contributed by atoms with Crippen molar-refractivity contribution in [3.8, 4) is 0 Å². The highest BCUT2D eigenvalue weighted by molar-refractivity contribution is 5.95. The van der Waals surface area contributed by atoms with Gasteiger partial charge >= 0.3 is 12.1 Å². The number of hydrogen-bond acceptors (Lipinski definition) is 6. The molecule has 0 saturated heterocycles. The van der Waals surface area contributed by atoms with Gasteiger partial charge in [0.25, 0.3) is 0 Å². The predicted octanol–water partition coefficient (Wildman–Crippen LogP) is 4.66. The zero-order valence-corrected chi connectivity index (χ0v) is 22.2. The van der Waals surface area contributed by atoms with E-state index in [1.807, 2.05) is 24.1 Å². The van der Waals surface area contributed by atoms with E-state index in [4.69, 9.17) is 4.74 Å². The van der Waals surface area contributed by atoms with Crippen LogP contribution in [-0.4, -0.2) is 38.8 Å². The molecule has 8 heteroatoms. The number of nitrogens with zero attached hydrogens (tertiary/aromatic N) is 1. The quantitative estimate of drug-likeness (QED) is 0.505. The highest BCUT2D eigenvalue weighted by atomic mass is 16.6. The number of benzene rings is 1. The van der Waals surface area contributed by atoms with E-state index < -0.39 is 29.2 Å². The summed E-state index contributed by atoms with van der Waals surface area (Å²) in [4.78, 5) is 40.8.